The highest BCUT2D eigenvalue weighted by Crippen LogP contribution is 2.39. The van der Waals surface area contributed by atoms with E-state index >= 15 is 0 Å². The number of ketones is 2. The fourth-order valence-corrected chi connectivity index (χ4v) is 4.28. The summed E-state index contributed by atoms with van der Waals surface area (Å²) in [5.41, 5.74) is 12.3. The molecule has 170 valence electrons. The molecule has 6 nitrogen and oxygen atoms in total. The molecule has 0 aliphatic heterocycles. The van der Waals surface area contributed by atoms with E-state index in [9.17, 15) is 9.59 Å². The van der Waals surface area contributed by atoms with Crippen LogP contribution in [-0.4, -0.2) is 23.3 Å². The summed E-state index contributed by atoms with van der Waals surface area (Å²) in [7, 11) is 0. The van der Waals surface area contributed by atoms with Gasteiger partial charge < -0.3 is 15.2 Å². The van der Waals surface area contributed by atoms with Gasteiger partial charge in [0.1, 0.15) is 11.5 Å². The fourth-order valence-electron chi connectivity index (χ4n) is 4.03. The fraction of sp³-hybridized carbons (Fsp3) is 0.0769. The maximum Gasteiger partial charge on any atom is 0.236 e. The van der Waals surface area contributed by atoms with E-state index in [0.717, 1.165) is 0 Å². The highest BCUT2D eigenvalue weighted by Gasteiger charge is 2.51. The lowest BCUT2D eigenvalue weighted by Crippen LogP contribution is -2.65. The topological polar surface area (TPSA) is 105 Å². The molecule has 2 aliphatic rings. The number of Topliss-reactive ketones (excluding diaryl/α,β-unsaturated/α-hetero) is 2. The zero-order valence-corrected chi connectivity index (χ0v) is 19.1. The van der Waals surface area contributed by atoms with Gasteiger partial charge in [-0.1, -0.05) is 47.5 Å². The Hall–Kier alpha value is -3.42. The first-order valence-electron chi connectivity index (χ1n) is 10.3. The maximum absolute atomic E-state index is 13.4. The first-order valence-corrected chi connectivity index (χ1v) is 11.1. The second kappa shape index (κ2) is 8.42. The zero-order valence-electron chi connectivity index (χ0n) is 17.6. The Labute approximate surface area is 205 Å². The second-order valence-electron chi connectivity index (χ2n) is 7.92. The van der Waals surface area contributed by atoms with Crippen LogP contribution in [0.2, 0.25) is 10.0 Å². The van der Waals surface area contributed by atoms with Gasteiger partial charge in [-0.15, -0.1) is 0 Å². The number of nitrogens with two attached hydrogens (primary N) is 2. The number of hydrogen-bond acceptors (Lipinski definition) is 6. The lowest BCUT2D eigenvalue weighted by Gasteiger charge is -2.41. The molecule has 0 heterocycles. The van der Waals surface area contributed by atoms with E-state index in [1.807, 2.05) is 0 Å². The average molecular weight is 493 g/mol. The predicted molar refractivity (Wildman–Crippen MR) is 129 cm³/mol. The van der Waals surface area contributed by atoms with Crippen molar-refractivity contribution < 1.29 is 19.1 Å². The number of halogens is 2. The first-order chi connectivity index (χ1) is 16.3. The van der Waals surface area contributed by atoms with E-state index in [2.05, 4.69) is 0 Å². The summed E-state index contributed by atoms with van der Waals surface area (Å²) >= 11 is 12.0. The summed E-state index contributed by atoms with van der Waals surface area (Å²) in [4.78, 5) is 26.7. The number of fused-ring (bicyclic) bond motifs is 1. The lowest BCUT2D eigenvalue weighted by molar-refractivity contribution is 0.0523. The van der Waals surface area contributed by atoms with Gasteiger partial charge in [-0.25, -0.2) is 0 Å². The summed E-state index contributed by atoms with van der Waals surface area (Å²) < 4.78 is 12.2. The third kappa shape index (κ3) is 3.71. The molecule has 0 saturated heterocycles. The van der Waals surface area contributed by atoms with Gasteiger partial charge in [-0.2, -0.15) is 0 Å². The average Bonchev–Trinajstić information content (AvgIpc) is 2.83. The van der Waals surface area contributed by atoms with Crippen molar-refractivity contribution in [3.63, 3.8) is 0 Å². The van der Waals surface area contributed by atoms with Gasteiger partial charge in [0.15, 0.2) is 17.3 Å². The molecular formula is C26H18Cl2N2O4. The lowest BCUT2D eigenvalue weighted by atomic mass is 9.75. The molecule has 5 rings (SSSR count). The van der Waals surface area contributed by atoms with Crippen molar-refractivity contribution in [3.05, 3.63) is 117 Å². The Morgan fingerprint density at radius 1 is 0.765 bits per heavy atom. The van der Waals surface area contributed by atoms with Gasteiger partial charge in [0.05, 0.1) is 6.04 Å². The summed E-state index contributed by atoms with van der Waals surface area (Å²) in [6.45, 7) is 0. The smallest absolute Gasteiger partial charge is 0.236 e. The molecule has 3 aromatic rings. The number of allylic oxidation sites excluding steroid dienone is 2. The quantitative estimate of drug-likeness (QED) is 0.511. The Bertz CT molecular complexity index is 1380. The predicted octanol–water partition coefficient (Wildman–Crippen LogP) is 4.71. The van der Waals surface area contributed by atoms with Gasteiger partial charge in [0.25, 0.3) is 0 Å². The van der Waals surface area contributed by atoms with Crippen LogP contribution in [0.5, 0.6) is 11.5 Å². The number of carbonyl (C=O) groups excluding carboxylic acids is 2. The van der Waals surface area contributed by atoms with Crippen molar-refractivity contribution in [1.82, 2.24) is 0 Å². The minimum absolute atomic E-state index is 0.0663. The van der Waals surface area contributed by atoms with E-state index in [4.69, 9.17) is 44.1 Å². The second-order valence-corrected chi connectivity index (χ2v) is 8.80. The van der Waals surface area contributed by atoms with Gasteiger partial charge in [-0.3, -0.25) is 15.3 Å². The number of benzene rings is 3. The van der Waals surface area contributed by atoms with E-state index in [1.54, 1.807) is 72.8 Å². The molecule has 0 saturated carbocycles. The van der Waals surface area contributed by atoms with E-state index in [1.165, 1.54) is 6.08 Å². The van der Waals surface area contributed by atoms with E-state index in [0.29, 0.717) is 27.1 Å². The molecule has 0 radical (unpaired) electrons. The number of hydrogen-bond donors (Lipinski definition) is 2. The van der Waals surface area contributed by atoms with Crippen LogP contribution in [0.3, 0.4) is 0 Å². The molecule has 2 atom stereocenters. The van der Waals surface area contributed by atoms with Gasteiger partial charge in [-0.05, 0) is 54.6 Å². The van der Waals surface area contributed by atoms with Gasteiger partial charge in [0, 0.05) is 32.3 Å². The minimum atomic E-state index is -1.81. The van der Waals surface area contributed by atoms with E-state index in [-0.39, 0.29) is 34.0 Å². The van der Waals surface area contributed by atoms with Gasteiger partial charge in [0.2, 0.25) is 5.72 Å². The molecule has 4 N–H and O–H groups in total. The van der Waals surface area contributed by atoms with Crippen LogP contribution in [-0.2, 0) is 0 Å². The van der Waals surface area contributed by atoms with Crippen LogP contribution in [0.1, 0.15) is 20.7 Å². The van der Waals surface area contributed by atoms with Crippen molar-refractivity contribution in [3.8, 4) is 11.5 Å². The van der Waals surface area contributed by atoms with Crippen LogP contribution in [0.25, 0.3) is 0 Å². The monoisotopic (exact) mass is 492 g/mol. The molecule has 0 amide bonds. The molecular weight excluding hydrogens is 475 g/mol. The minimum Gasteiger partial charge on any atom is -0.463 e. The molecule has 2 aliphatic carbocycles. The molecule has 0 spiro atoms. The number of carbonyl (C=O) groups is 2. The standard InChI is InChI=1S/C26H18Cl2N2O4/c27-14-5-9-16(10-6-14)33-21-13-20-22(24(32)19-4-2-1-3-18(19)23(20)31)25(29)26(21,30)34-17-11-7-15(28)8-12-17/h1-13,25H,29-30H2. The maximum atomic E-state index is 13.4. The normalized spacial score (nSPS) is 21.5. The highest BCUT2D eigenvalue weighted by molar-refractivity contribution is 6.31. The largest absolute Gasteiger partial charge is 0.463 e. The third-order valence-corrected chi connectivity index (χ3v) is 6.28. The SMILES string of the molecule is NC1C2=C(C=C(Oc3ccc(Cl)cc3)C1(N)Oc1ccc(Cl)cc1)C(=O)c1ccccc1C2=O. The Kier molecular flexibility index (Phi) is 5.54. The number of ether oxygens (including phenoxy) is 2. The molecule has 0 fully saturated rings. The zero-order chi connectivity index (χ0) is 24.0. The van der Waals surface area contributed by atoms with Crippen LogP contribution in [0, 0.1) is 0 Å². The molecule has 3 aromatic carbocycles. The van der Waals surface area contributed by atoms with Crippen LogP contribution in [0.4, 0.5) is 0 Å². The van der Waals surface area contributed by atoms with E-state index < -0.39 is 11.8 Å². The molecule has 8 heteroatoms. The summed E-state index contributed by atoms with van der Waals surface area (Å²) in [6.07, 6.45) is 1.43. The third-order valence-electron chi connectivity index (χ3n) is 5.77. The molecule has 0 aromatic heterocycles. The van der Waals surface area contributed by atoms with Crippen LogP contribution in [0.15, 0.2) is 95.8 Å². The summed E-state index contributed by atoms with van der Waals surface area (Å²) in [5.74, 6) is 0.0976. The molecule has 2 unspecified atom stereocenters. The first kappa shape index (κ1) is 22.4. The molecule has 34 heavy (non-hydrogen) atoms. The Balaban J connectivity index is 1.64. The number of rotatable bonds is 4. The van der Waals surface area contributed by atoms with Crippen molar-refractivity contribution in [2.45, 2.75) is 11.8 Å². The Morgan fingerprint density at radius 2 is 1.29 bits per heavy atom. The van der Waals surface area contributed by atoms with Crippen LogP contribution < -0.4 is 20.9 Å². The Morgan fingerprint density at radius 3 is 1.88 bits per heavy atom. The highest BCUT2D eigenvalue weighted by atomic mass is 35.5. The van der Waals surface area contributed by atoms with Crippen molar-refractivity contribution >= 4 is 34.8 Å². The molecule has 0 bridgehead atoms. The van der Waals surface area contributed by atoms with Crippen molar-refractivity contribution in [2.75, 3.05) is 0 Å². The summed E-state index contributed by atoms with van der Waals surface area (Å²) in [5, 5.41) is 1.03. The van der Waals surface area contributed by atoms with Crippen molar-refractivity contribution in [2.24, 2.45) is 11.5 Å². The van der Waals surface area contributed by atoms with Crippen LogP contribution >= 0.6 is 23.2 Å². The van der Waals surface area contributed by atoms with Gasteiger partial charge >= 0.3 is 0 Å². The van der Waals surface area contributed by atoms with Crippen molar-refractivity contribution in [1.29, 1.82) is 0 Å². The summed E-state index contributed by atoms with van der Waals surface area (Å²) in [6, 6.07) is 18.5.